The number of aromatic nitrogens is 2. The van der Waals surface area contributed by atoms with Gasteiger partial charge in [-0.1, -0.05) is 29.3 Å². The summed E-state index contributed by atoms with van der Waals surface area (Å²) in [5.74, 6) is 1.83. The number of thiocarbonyl (C=S) groups is 1. The molecule has 23 heavy (non-hydrogen) atoms. The van der Waals surface area contributed by atoms with Gasteiger partial charge in [0.15, 0.2) is 27.6 Å². The van der Waals surface area contributed by atoms with Gasteiger partial charge in [-0.15, -0.1) is 0 Å². The van der Waals surface area contributed by atoms with Gasteiger partial charge in [0.1, 0.15) is 18.4 Å². The number of fused-ring (bicyclic) bond motifs is 1. The van der Waals surface area contributed by atoms with E-state index in [0.29, 0.717) is 30.7 Å². The monoisotopic (exact) mass is 370 g/mol. The highest BCUT2D eigenvalue weighted by atomic mass is 35.5. The van der Waals surface area contributed by atoms with Crippen molar-refractivity contribution < 1.29 is 9.47 Å². The fraction of sp³-hybridized carbons (Fsp3) is 0.214. The molecule has 0 bridgehead atoms. The van der Waals surface area contributed by atoms with Crippen molar-refractivity contribution >= 4 is 46.4 Å². The summed E-state index contributed by atoms with van der Waals surface area (Å²) in [6, 6.07) is 5.74. The number of nitrogens with one attached hydrogen (secondary N) is 2. The molecule has 1 aromatic heterocycles. The van der Waals surface area contributed by atoms with Crippen LogP contribution in [-0.4, -0.2) is 28.3 Å². The molecule has 1 aliphatic heterocycles. The predicted octanol–water partition coefficient (Wildman–Crippen LogP) is 3.04. The molecule has 1 aliphatic rings. The standard InChI is InChI=1S/C14H12Cl2N4O2S/c15-11-7-17-13(12(16)19-11)20-14(23)18-6-8-1-2-9-10(5-8)22-4-3-21-9/h1-2,5,7H,3-4,6H2,(H2,17,18,20,23). The second-order valence-corrected chi connectivity index (χ2v) is 5.77. The Kier molecular flexibility index (Phi) is 5.00. The molecule has 6 nitrogen and oxygen atoms in total. The Morgan fingerprint density at radius 1 is 1.22 bits per heavy atom. The number of hydrogen-bond donors (Lipinski definition) is 2. The summed E-state index contributed by atoms with van der Waals surface area (Å²) in [6.07, 6.45) is 1.39. The van der Waals surface area contributed by atoms with Crippen molar-refractivity contribution in [3.05, 3.63) is 40.3 Å². The minimum absolute atomic E-state index is 0.154. The topological polar surface area (TPSA) is 68.3 Å². The van der Waals surface area contributed by atoms with Crippen LogP contribution in [0.25, 0.3) is 0 Å². The van der Waals surface area contributed by atoms with Crippen LogP contribution < -0.4 is 20.1 Å². The van der Waals surface area contributed by atoms with Crippen molar-refractivity contribution in [3.8, 4) is 11.5 Å². The molecule has 2 aromatic rings. The third kappa shape index (κ3) is 4.13. The molecule has 0 radical (unpaired) electrons. The van der Waals surface area contributed by atoms with Gasteiger partial charge < -0.3 is 20.1 Å². The SMILES string of the molecule is S=C(NCc1ccc2c(c1)OCCO2)Nc1ncc(Cl)nc1Cl. The minimum atomic E-state index is 0.154. The van der Waals surface area contributed by atoms with Gasteiger partial charge >= 0.3 is 0 Å². The van der Waals surface area contributed by atoms with Gasteiger partial charge in [-0.25, -0.2) is 9.97 Å². The molecule has 0 saturated heterocycles. The van der Waals surface area contributed by atoms with Crippen LogP contribution in [0.3, 0.4) is 0 Å². The first-order valence-electron chi connectivity index (χ1n) is 6.73. The number of nitrogens with zero attached hydrogens (tertiary/aromatic N) is 2. The first-order chi connectivity index (χ1) is 11.1. The highest BCUT2D eigenvalue weighted by Gasteiger charge is 2.12. The van der Waals surface area contributed by atoms with E-state index in [4.69, 9.17) is 44.9 Å². The smallest absolute Gasteiger partial charge is 0.173 e. The molecule has 120 valence electrons. The van der Waals surface area contributed by atoms with E-state index >= 15 is 0 Å². The number of anilines is 1. The van der Waals surface area contributed by atoms with E-state index in [0.717, 1.165) is 17.1 Å². The average Bonchev–Trinajstić information content (AvgIpc) is 2.55. The zero-order valence-electron chi connectivity index (χ0n) is 11.8. The van der Waals surface area contributed by atoms with Gasteiger partial charge in [-0.05, 0) is 29.9 Å². The zero-order chi connectivity index (χ0) is 16.2. The number of benzene rings is 1. The molecule has 2 N–H and O–H groups in total. The largest absolute Gasteiger partial charge is 0.486 e. The van der Waals surface area contributed by atoms with E-state index in [1.54, 1.807) is 0 Å². The number of rotatable bonds is 3. The molecular weight excluding hydrogens is 359 g/mol. The first kappa shape index (κ1) is 16.0. The maximum atomic E-state index is 5.93. The normalized spacial score (nSPS) is 12.6. The second-order valence-electron chi connectivity index (χ2n) is 4.62. The molecule has 0 amide bonds. The fourth-order valence-corrected chi connectivity index (χ4v) is 2.49. The number of halogens is 2. The van der Waals surface area contributed by atoms with Gasteiger partial charge in [0.2, 0.25) is 0 Å². The van der Waals surface area contributed by atoms with Gasteiger partial charge in [-0.2, -0.15) is 0 Å². The van der Waals surface area contributed by atoms with Gasteiger partial charge in [0.05, 0.1) is 6.20 Å². The van der Waals surface area contributed by atoms with E-state index in [9.17, 15) is 0 Å². The Bertz CT molecular complexity index is 745. The van der Waals surface area contributed by atoms with Crippen LogP contribution in [0.5, 0.6) is 11.5 Å². The van der Waals surface area contributed by atoms with E-state index < -0.39 is 0 Å². The van der Waals surface area contributed by atoms with Crippen molar-refractivity contribution in [2.75, 3.05) is 18.5 Å². The summed E-state index contributed by atoms with van der Waals surface area (Å²) < 4.78 is 11.0. The van der Waals surface area contributed by atoms with Crippen LogP contribution in [0.2, 0.25) is 10.3 Å². The Morgan fingerprint density at radius 3 is 2.78 bits per heavy atom. The molecule has 0 unspecified atom stereocenters. The molecule has 3 rings (SSSR count). The Morgan fingerprint density at radius 2 is 2.00 bits per heavy atom. The Labute approximate surface area is 148 Å². The summed E-state index contributed by atoms with van der Waals surface area (Å²) in [6.45, 7) is 1.64. The van der Waals surface area contributed by atoms with Crippen LogP contribution in [-0.2, 0) is 6.54 Å². The molecule has 2 heterocycles. The third-order valence-corrected chi connectivity index (χ3v) is 3.68. The lowest BCUT2D eigenvalue weighted by molar-refractivity contribution is 0.171. The summed E-state index contributed by atoms with van der Waals surface area (Å²) >= 11 is 16.8. The third-order valence-electron chi connectivity index (χ3n) is 2.99. The minimum Gasteiger partial charge on any atom is -0.486 e. The van der Waals surface area contributed by atoms with Crippen LogP contribution in [0, 0.1) is 0 Å². The molecule has 0 atom stereocenters. The van der Waals surface area contributed by atoms with Crippen LogP contribution >= 0.6 is 35.4 Å². The van der Waals surface area contributed by atoms with Crippen LogP contribution in [0.1, 0.15) is 5.56 Å². The quantitative estimate of drug-likeness (QED) is 0.804. The highest BCUT2D eigenvalue weighted by molar-refractivity contribution is 7.80. The Balaban J connectivity index is 1.58. The van der Waals surface area contributed by atoms with E-state index in [1.807, 2.05) is 18.2 Å². The fourth-order valence-electron chi connectivity index (χ4n) is 1.96. The molecule has 0 spiro atoms. The van der Waals surface area contributed by atoms with Gasteiger partial charge in [0.25, 0.3) is 0 Å². The van der Waals surface area contributed by atoms with Crippen molar-refractivity contribution in [3.63, 3.8) is 0 Å². The van der Waals surface area contributed by atoms with Gasteiger partial charge in [0, 0.05) is 6.54 Å². The van der Waals surface area contributed by atoms with Gasteiger partial charge in [-0.3, -0.25) is 0 Å². The second kappa shape index (κ2) is 7.16. The van der Waals surface area contributed by atoms with E-state index in [2.05, 4.69) is 20.6 Å². The van der Waals surface area contributed by atoms with Crippen molar-refractivity contribution in [1.29, 1.82) is 0 Å². The van der Waals surface area contributed by atoms with E-state index in [-0.39, 0.29) is 10.3 Å². The number of hydrogen-bond acceptors (Lipinski definition) is 5. The number of ether oxygens (including phenoxy) is 2. The van der Waals surface area contributed by atoms with E-state index in [1.165, 1.54) is 6.20 Å². The maximum absolute atomic E-state index is 5.93. The van der Waals surface area contributed by atoms with Crippen molar-refractivity contribution in [2.45, 2.75) is 6.54 Å². The predicted molar refractivity (Wildman–Crippen MR) is 92.5 cm³/mol. The molecule has 1 aromatic carbocycles. The lowest BCUT2D eigenvalue weighted by atomic mass is 10.2. The summed E-state index contributed by atoms with van der Waals surface area (Å²) in [7, 11) is 0. The Hall–Kier alpha value is -1.83. The van der Waals surface area contributed by atoms with Crippen LogP contribution in [0.15, 0.2) is 24.4 Å². The molecule has 0 aliphatic carbocycles. The molecular formula is C14H12Cl2N4O2S. The lowest BCUT2D eigenvalue weighted by Crippen LogP contribution is -2.28. The first-order valence-corrected chi connectivity index (χ1v) is 7.89. The molecule has 0 fully saturated rings. The van der Waals surface area contributed by atoms with Crippen LogP contribution in [0.4, 0.5) is 5.82 Å². The maximum Gasteiger partial charge on any atom is 0.173 e. The molecule has 9 heteroatoms. The summed E-state index contributed by atoms with van der Waals surface area (Å²) in [4.78, 5) is 7.91. The lowest BCUT2D eigenvalue weighted by Gasteiger charge is -2.19. The average molecular weight is 371 g/mol. The highest BCUT2D eigenvalue weighted by Crippen LogP contribution is 2.30. The molecule has 0 saturated carbocycles. The summed E-state index contributed by atoms with van der Waals surface area (Å²) in [5.41, 5.74) is 1.01. The summed E-state index contributed by atoms with van der Waals surface area (Å²) in [5, 5.41) is 6.68. The van der Waals surface area contributed by atoms with Crippen molar-refractivity contribution in [2.24, 2.45) is 0 Å². The zero-order valence-corrected chi connectivity index (χ0v) is 14.1. The van der Waals surface area contributed by atoms with Crippen molar-refractivity contribution in [1.82, 2.24) is 15.3 Å².